The van der Waals surface area contributed by atoms with Gasteiger partial charge in [-0.1, -0.05) is 36.4 Å². The average Bonchev–Trinajstić information content (AvgIpc) is 2.65. The van der Waals surface area contributed by atoms with Crippen LogP contribution in [0.2, 0.25) is 0 Å². The summed E-state index contributed by atoms with van der Waals surface area (Å²) in [5, 5.41) is 27.8. The summed E-state index contributed by atoms with van der Waals surface area (Å²) < 4.78 is 62.8. The molecule has 0 saturated carbocycles. The first kappa shape index (κ1) is 24.7. The van der Waals surface area contributed by atoms with E-state index in [1.54, 1.807) is 6.08 Å². The Morgan fingerprint density at radius 1 is 1.03 bits per heavy atom. The molecule has 29 heavy (non-hydrogen) atoms. The van der Waals surface area contributed by atoms with Gasteiger partial charge in [-0.15, -0.1) is 0 Å². The largest absolute Gasteiger partial charge is 0.480 e. The molecule has 3 atom stereocenters. The highest BCUT2D eigenvalue weighted by atomic mass is 19.4. The van der Waals surface area contributed by atoms with Crippen molar-refractivity contribution in [3.63, 3.8) is 0 Å². The third kappa shape index (κ3) is 6.58. The highest BCUT2D eigenvalue weighted by Gasteiger charge is 2.63. The van der Waals surface area contributed by atoms with E-state index in [4.69, 9.17) is 10.8 Å². The predicted molar refractivity (Wildman–Crippen MR) is 91.5 cm³/mol. The van der Waals surface area contributed by atoms with Crippen molar-refractivity contribution >= 4 is 11.8 Å². The number of carbonyl (C=O) groups excluding carboxylic acids is 1. The van der Waals surface area contributed by atoms with Crippen LogP contribution in [-0.2, 0) is 11.2 Å². The van der Waals surface area contributed by atoms with E-state index in [9.17, 15) is 41.8 Å². The molecule has 0 aliphatic heterocycles. The Kier molecular flexibility index (Phi) is 8.42. The molecular weight excluding hydrogens is 405 g/mol. The second-order valence-corrected chi connectivity index (χ2v) is 6.27. The quantitative estimate of drug-likeness (QED) is 0.259. The van der Waals surface area contributed by atoms with Crippen molar-refractivity contribution < 1.29 is 46.9 Å². The molecule has 0 amide bonds. The molecule has 0 spiro atoms. The molecule has 0 heterocycles. The van der Waals surface area contributed by atoms with Crippen LogP contribution >= 0.6 is 0 Å². The Hall–Kier alpha value is -2.37. The SMILES string of the molecule is NC(C(=O)O)C(O)C(O)CC=CCCc1ccc(C(=O)C(F)(F)C(F)(F)F)cc1. The van der Waals surface area contributed by atoms with Crippen LogP contribution in [0.4, 0.5) is 22.0 Å². The lowest BCUT2D eigenvalue weighted by Crippen LogP contribution is -2.47. The summed E-state index contributed by atoms with van der Waals surface area (Å²) in [6.45, 7) is 0. The summed E-state index contributed by atoms with van der Waals surface area (Å²) in [6.07, 6.45) is -5.27. The first-order valence-electron chi connectivity index (χ1n) is 8.36. The zero-order valence-electron chi connectivity index (χ0n) is 14.9. The minimum Gasteiger partial charge on any atom is -0.480 e. The Morgan fingerprint density at radius 3 is 2.07 bits per heavy atom. The molecule has 0 bridgehead atoms. The van der Waals surface area contributed by atoms with Gasteiger partial charge in [0.25, 0.3) is 0 Å². The van der Waals surface area contributed by atoms with Crippen LogP contribution in [0.3, 0.4) is 0 Å². The number of hydrogen-bond acceptors (Lipinski definition) is 5. The van der Waals surface area contributed by atoms with Gasteiger partial charge in [0.15, 0.2) is 0 Å². The minimum absolute atomic E-state index is 0.0673. The summed E-state index contributed by atoms with van der Waals surface area (Å²) >= 11 is 0. The number of nitrogens with two attached hydrogens (primary N) is 1. The van der Waals surface area contributed by atoms with Crippen molar-refractivity contribution in [3.05, 3.63) is 47.5 Å². The topological polar surface area (TPSA) is 121 Å². The molecule has 3 unspecified atom stereocenters. The van der Waals surface area contributed by atoms with Crippen molar-refractivity contribution in [2.75, 3.05) is 0 Å². The van der Waals surface area contributed by atoms with Crippen LogP contribution in [0.15, 0.2) is 36.4 Å². The third-order valence-corrected chi connectivity index (χ3v) is 4.05. The minimum atomic E-state index is -5.97. The number of ketones is 1. The van der Waals surface area contributed by atoms with Crippen LogP contribution in [0, 0.1) is 0 Å². The van der Waals surface area contributed by atoms with Gasteiger partial charge in [0, 0.05) is 5.56 Å². The van der Waals surface area contributed by atoms with Gasteiger partial charge in [-0.05, 0) is 24.8 Å². The molecule has 1 aromatic rings. The number of halogens is 5. The van der Waals surface area contributed by atoms with Crippen molar-refractivity contribution in [1.29, 1.82) is 0 Å². The first-order valence-corrected chi connectivity index (χ1v) is 8.36. The smallest absolute Gasteiger partial charge is 0.461 e. The molecule has 0 saturated heterocycles. The van der Waals surface area contributed by atoms with Crippen LogP contribution in [-0.4, -0.2) is 57.4 Å². The number of hydrogen-bond donors (Lipinski definition) is 4. The normalized spacial score (nSPS) is 15.9. The molecule has 5 N–H and O–H groups in total. The summed E-state index contributed by atoms with van der Waals surface area (Å²) in [5.41, 5.74) is 4.98. The van der Waals surface area contributed by atoms with Crippen LogP contribution in [0.1, 0.15) is 28.8 Å². The number of aryl methyl sites for hydroxylation is 1. The zero-order chi connectivity index (χ0) is 22.4. The molecule has 0 aliphatic rings. The number of aliphatic carboxylic acids is 1. The molecule has 0 radical (unpaired) electrons. The number of carbonyl (C=O) groups is 2. The Bertz CT molecular complexity index is 733. The Morgan fingerprint density at radius 2 is 1.59 bits per heavy atom. The molecule has 0 aliphatic carbocycles. The lowest BCUT2D eigenvalue weighted by Gasteiger charge is -2.19. The molecule has 6 nitrogen and oxygen atoms in total. The standard InChI is InChI=1S/C18H20F5NO5/c19-17(20,18(21,22)23)15(27)11-8-6-10(7-9-11)4-2-1-3-5-12(25)14(26)13(24)16(28)29/h1,3,6-9,12-14,25-26H,2,4-5,24H2,(H,28,29). The van der Waals surface area contributed by atoms with Crippen molar-refractivity contribution in [2.45, 2.75) is 49.6 Å². The summed E-state index contributed by atoms with van der Waals surface area (Å²) in [4.78, 5) is 22.0. The number of alkyl halides is 5. The maximum absolute atomic E-state index is 13.1. The average molecular weight is 425 g/mol. The summed E-state index contributed by atoms with van der Waals surface area (Å²) in [5.74, 6) is -9.26. The fraction of sp³-hybridized carbons (Fsp3) is 0.444. The van der Waals surface area contributed by atoms with Gasteiger partial charge in [0.1, 0.15) is 12.1 Å². The number of allylic oxidation sites excluding steroid dienone is 1. The van der Waals surface area contributed by atoms with Crippen molar-refractivity contribution in [1.82, 2.24) is 0 Å². The number of aliphatic hydroxyl groups excluding tert-OH is 2. The van der Waals surface area contributed by atoms with Gasteiger partial charge in [0.2, 0.25) is 5.78 Å². The lowest BCUT2D eigenvalue weighted by molar-refractivity contribution is -0.255. The number of benzene rings is 1. The number of aliphatic hydroxyl groups is 2. The third-order valence-electron chi connectivity index (χ3n) is 4.05. The fourth-order valence-electron chi connectivity index (χ4n) is 2.26. The van der Waals surface area contributed by atoms with E-state index in [0.29, 0.717) is 18.4 Å². The molecule has 0 aromatic heterocycles. The maximum Gasteiger partial charge on any atom is 0.461 e. The molecule has 1 rings (SSSR count). The Balaban J connectivity index is 2.56. The van der Waals surface area contributed by atoms with E-state index in [1.807, 2.05) is 0 Å². The second kappa shape index (κ2) is 9.90. The summed E-state index contributed by atoms with van der Waals surface area (Å²) in [6, 6.07) is 2.63. The molecule has 1 aromatic carbocycles. The highest BCUT2D eigenvalue weighted by Crippen LogP contribution is 2.37. The van der Waals surface area contributed by atoms with Crippen molar-refractivity contribution in [2.24, 2.45) is 5.73 Å². The molecule has 11 heteroatoms. The fourth-order valence-corrected chi connectivity index (χ4v) is 2.26. The van der Waals surface area contributed by atoms with E-state index in [1.165, 1.54) is 18.2 Å². The van der Waals surface area contributed by atoms with Gasteiger partial charge < -0.3 is 21.1 Å². The Labute approximate surface area is 162 Å². The number of Topliss-reactive ketones (excluding diaryl/α,β-unsaturated/α-hetero) is 1. The molecule has 0 fully saturated rings. The van der Waals surface area contributed by atoms with E-state index in [2.05, 4.69) is 0 Å². The van der Waals surface area contributed by atoms with E-state index < -0.39 is 47.7 Å². The molecular formula is C18H20F5NO5. The van der Waals surface area contributed by atoms with Crippen LogP contribution in [0.25, 0.3) is 0 Å². The van der Waals surface area contributed by atoms with Gasteiger partial charge in [0.05, 0.1) is 6.10 Å². The van der Waals surface area contributed by atoms with Gasteiger partial charge in [-0.3, -0.25) is 9.59 Å². The van der Waals surface area contributed by atoms with Crippen LogP contribution < -0.4 is 5.73 Å². The number of carboxylic acid groups (broad SMARTS) is 1. The summed E-state index contributed by atoms with van der Waals surface area (Å²) in [7, 11) is 0. The van der Waals surface area contributed by atoms with Gasteiger partial charge in [-0.2, -0.15) is 22.0 Å². The second-order valence-electron chi connectivity index (χ2n) is 6.27. The molecule has 162 valence electrons. The number of rotatable bonds is 10. The predicted octanol–water partition coefficient (Wildman–Crippen LogP) is 2.08. The lowest BCUT2D eigenvalue weighted by atomic mass is 10.0. The van der Waals surface area contributed by atoms with Gasteiger partial charge >= 0.3 is 18.1 Å². The highest BCUT2D eigenvalue weighted by molar-refractivity contribution is 6.01. The van der Waals surface area contributed by atoms with E-state index in [0.717, 1.165) is 12.1 Å². The zero-order valence-corrected chi connectivity index (χ0v) is 14.9. The van der Waals surface area contributed by atoms with E-state index >= 15 is 0 Å². The van der Waals surface area contributed by atoms with Crippen LogP contribution in [0.5, 0.6) is 0 Å². The van der Waals surface area contributed by atoms with Gasteiger partial charge in [-0.25, -0.2) is 0 Å². The number of carboxylic acids is 1. The first-order chi connectivity index (χ1) is 13.3. The van der Waals surface area contributed by atoms with E-state index in [-0.39, 0.29) is 6.42 Å². The van der Waals surface area contributed by atoms with Crippen molar-refractivity contribution in [3.8, 4) is 0 Å². The maximum atomic E-state index is 13.1. The monoisotopic (exact) mass is 425 g/mol.